The van der Waals surface area contributed by atoms with E-state index in [9.17, 15) is 19.2 Å². The van der Waals surface area contributed by atoms with E-state index in [1.807, 2.05) is 29.8 Å². The molecule has 304 valence electrons. The number of amidine groups is 1. The Labute approximate surface area is 337 Å². The number of nitrogens with one attached hydrogen (secondary N) is 2. The molecule has 5 rings (SSSR count). The molecule has 0 aliphatic carbocycles. The number of nitrogens with two attached hydrogens (primary N) is 1. The number of hydrogen-bond acceptors (Lipinski definition) is 10. The summed E-state index contributed by atoms with van der Waals surface area (Å²) in [5.41, 5.74) is 10.6. The first-order chi connectivity index (χ1) is 28.1. The molecule has 0 atom stereocenters. The van der Waals surface area contributed by atoms with Crippen molar-refractivity contribution in [1.82, 2.24) is 14.5 Å². The fraction of sp³-hybridized carbons (Fsp3) is 0.326. The van der Waals surface area contributed by atoms with Crippen molar-refractivity contribution in [2.75, 3.05) is 35.8 Å². The van der Waals surface area contributed by atoms with E-state index in [-0.39, 0.29) is 31.3 Å². The molecule has 0 spiro atoms. The van der Waals surface area contributed by atoms with Crippen molar-refractivity contribution in [3.8, 4) is 0 Å². The third kappa shape index (κ3) is 12.4. The molecule has 15 heteroatoms. The Kier molecular flexibility index (Phi) is 15.7. The zero-order valence-electron chi connectivity index (χ0n) is 33.1. The minimum Gasteiger partial charge on any atom is -0.469 e. The van der Waals surface area contributed by atoms with Crippen LogP contribution in [-0.2, 0) is 39.2 Å². The van der Waals surface area contributed by atoms with Gasteiger partial charge in [0.1, 0.15) is 24.1 Å². The molecule has 0 aliphatic heterocycles. The topological polar surface area (TPSA) is 192 Å². The normalized spacial score (nSPS) is 11.2. The van der Waals surface area contributed by atoms with E-state index < -0.39 is 18.2 Å². The summed E-state index contributed by atoms with van der Waals surface area (Å²) in [6.45, 7) is 3.02. The summed E-state index contributed by atoms with van der Waals surface area (Å²) in [6, 6.07) is 24.5. The number of esters is 1. The Morgan fingerprint density at radius 3 is 2.31 bits per heavy atom. The quantitative estimate of drug-likeness (QED) is 0.0244. The summed E-state index contributed by atoms with van der Waals surface area (Å²) in [7, 11) is 3.20. The maximum Gasteiger partial charge on any atom is 0.435 e. The summed E-state index contributed by atoms with van der Waals surface area (Å²) in [5, 5.41) is 6.04. The Morgan fingerprint density at radius 2 is 1.59 bits per heavy atom. The first kappa shape index (κ1) is 42.4. The fourth-order valence-corrected chi connectivity index (χ4v) is 6.00. The van der Waals surface area contributed by atoms with Crippen molar-refractivity contribution in [2.24, 2.45) is 17.8 Å². The lowest BCUT2D eigenvalue weighted by Crippen LogP contribution is -2.33. The highest BCUT2D eigenvalue weighted by molar-refractivity contribution is 6.07. The molecule has 5 aromatic rings. The average Bonchev–Trinajstić information content (AvgIpc) is 3.56. The van der Waals surface area contributed by atoms with Gasteiger partial charge in [0.25, 0.3) is 5.91 Å². The zero-order chi connectivity index (χ0) is 41.3. The van der Waals surface area contributed by atoms with Crippen molar-refractivity contribution in [3.05, 3.63) is 114 Å². The molecule has 58 heavy (non-hydrogen) atoms. The van der Waals surface area contributed by atoms with Gasteiger partial charge in [-0.05, 0) is 78.7 Å². The predicted octanol–water partition coefficient (Wildman–Crippen LogP) is 7.74. The van der Waals surface area contributed by atoms with E-state index in [0.717, 1.165) is 36.3 Å². The number of fused-ring (bicyclic) bond motifs is 1. The van der Waals surface area contributed by atoms with Gasteiger partial charge in [-0.25, -0.2) is 19.6 Å². The van der Waals surface area contributed by atoms with Crippen LogP contribution in [0.4, 0.5) is 26.8 Å². The lowest BCUT2D eigenvalue weighted by molar-refractivity contribution is -0.140. The molecule has 0 saturated heterocycles. The van der Waals surface area contributed by atoms with Gasteiger partial charge in [-0.1, -0.05) is 57.2 Å². The lowest BCUT2D eigenvalue weighted by Gasteiger charge is -2.21. The molecule has 4 N–H and O–H groups in total. The summed E-state index contributed by atoms with van der Waals surface area (Å²) in [5.74, 6) is 0.411. The van der Waals surface area contributed by atoms with Crippen molar-refractivity contribution < 1.29 is 33.4 Å². The molecule has 3 aromatic carbocycles. The monoisotopic (exact) mass is 790 g/mol. The predicted molar refractivity (Wildman–Crippen MR) is 223 cm³/mol. The second kappa shape index (κ2) is 21.5. The van der Waals surface area contributed by atoms with Gasteiger partial charge in [0.15, 0.2) is 0 Å². The number of aromatic nitrogens is 3. The zero-order valence-corrected chi connectivity index (χ0v) is 33.1. The molecular weight excluding hydrogens is 741 g/mol. The minimum absolute atomic E-state index is 0.00294. The van der Waals surface area contributed by atoms with Crippen LogP contribution >= 0.6 is 0 Å². The van der Waals surface area contributed by atoms with Crippen molar-refractivity contribution in [3.63, 3.8) is 0 Å². The number of carbonyl (C=O) groups excluding carboxylic acids is 4. The van der Waals surface area contributed by atoms with Gasteiger partial charge in [0.05, 0.1) is 37.7 Å². The number of amides is 3. The van der Waals surface area contributed by atoms with Crippen LogP contribution in [0.15, 0.2) is 96.1 Å². The summed E-state index contributed by atoms with van der Waals surface area (Å²) < 4.78 is 17.2. The van der Waals surface area contributed by atoms with Gasteiger partial charge in [0.2, 0.25) is 0 Å². The van der Waals surface area contributed by atoms with Gasteiger partial charge in [-0.2, -0.15) is 4.99 Å². The summed E-state index contributed by atoms with van der Waals surface area (Å²) in [4.78, 5) is 64.4. The standard InChI is InChI=1S/C43H50N8O7/c1-4-5-6-7-8-11-26-57-42(54)47-34-18-13-30(14-19-34)29-58-43(55)49-40(44)31-15-20-33(21-16-31)46-28-38-48-35-27-32(17-22-36(35)50(38)2)41(53)51(25-23-39(52)56-3)37-12-9-10-24-45-37/h9-10,12-22,24,27,46H,4-8,11,23,25-26,28-29H2,1-3H3,(H,47,54)(H2,44,49,55). The largest absolute Gasteiger partial charge is 0.469 e. The second-order valence-electron chi connectivity index (χ2n) is 13.5. The maximum atomic E-state index is 13.6. The molecule has 0 unspecified atom stereocenters. The molecule has 3 amide bonds. The van der Waals surface area contributed by atoms with Crippen LogP contribution in [0.2, 0.25) is 0 Å². The number of imidazole rings is 1. The van der Waals surface area contributed by atoms with Crippen LogP contribution in [-0.4, -0.2) is 64.7 Å². The third-order valence-electron chi connectivity index (χ3n) is 9.30. The molecule has 0 bridgehead atoms. The number of aryl methyl sites for hydroxylation is 1. The van der Waals surface area contributed by atoms with Gasteiger partial charge in [-0.15, -0.1) is 0 Å². The molecular formula is C43H50N8O7. The number of anilines is 3. The number of nitrogens with zero attached hydrogens (tertiary/aromatic N) is 5. The van der Waals surface area contributed by atoms with Crippen LogP contribution in [0.25, 0.3) is 11.0 Å². The SMILES string of the molecule is CCCCCCCCOC(=O)Nc1ccc(COC(=O)/N=C(\N)c2ccc(NCc3nc4cc(C(=O)N(CCC(=O)OC)c5ccccn5)ccc4n3C)cc2)cc1. The highest BCUT2D eigenvalue weighted by Gasteiger charge is 2.21. The molecule has 0 fully saturated rings. The second-order valence-corrected chi connectivity index (χ2v) is 13.5. The number of carbonyl (C=O) groups is 4. The highest BCUT2D eigenvalue weighted by atomic mass is 16.6. The fourth-order valence-electron chi connectivity index (χ4n) is 6.00. The van der Waals surface area contributed by atoms with Gasteiger partial charge < -0.3 is 29.8 Å². The molecule has 15 nitrogen and oxygen atoms in total. The van der Waals surface area contributed by atoms with Gasteiger partial charge in [-0.3, -0.25) is 19.8 Å². The van der Waals surface area contributed by atoms with E-state index in [0.29, 0.717) is 46.9 Å². The first-order valence-corrected chi connectivity index (χ1v) is 19.3. The Morgan fingerprint density at radius 1 is 0.862 bits per heavy atom. The number of ether oxygens (including phenoxy) is 3. The van der Waals surface area contributed by atoms with Crippen molar-refractivity contribution in [1.29, 1.82) is 0 Å². The van der Waals surface area contributed by atoms with E-state index in [1.165, 1.54) is 31.3 Å². The lowest BCUT2D eigenvalue weighted by atomic mass is 10.1. The van der Waals surface area contributed by atoms with Gasteiger partial charge in [0, 0.05) is 42.3 Å². The van der Waals surface area contributed by atoms with E-state index in [2.05, 4.69) is 27.5 Å². The Balaban J connectivity index is 1.10. The van der Waals surface area contributed by atoms with Crippen LogP contribution in [0.3, 0.4) is 0 Å². The maximum absolute atomic E-state index is 13.6. The molecule has 0 radical (unpaired) electrons. The van der Waals surface area contributed by atoms with Crippen LogP contribution in [0.1, 0.15) is 79.2 Å². The number of rotatable bonds is 19. The minimum atomic E-state index is -0.836. The van der Waals surface area contributed by atoms with Crippen LogP contribution in [0.5, 0.6) is 0 Å². The highest BCUT2D eigenvalue weighted by Crippen LogP contribution is 2.22. The third-order valence-corrected chi connectivity index (χ3v) is 9.30. The smallest absolute Gasteiger partial charge is 0.435 e. The Bertz CT molecular complexity index is 2170. The van der Waals surface area contributed by atoms with Crippen molar-refractivity contribution >= 4 is 58.1 Å². The number of benzene rings is 3. The van der Waals surface area contributed by atoms with Crippen LogP contribution in [0, 0.1) is 0 Å². The molecule has 0 saturated carbocycles. The summed E-state index contributed by atoms with van der Waals surface area (Å²) >= 11 is 0. The molecule has 2 heterocycles. The first-order valence-electron chi connectivity index (χ1n) is 19.3. The Hall–Kier alpha value is -6.77. The summed E-state index contributed by atoms with van der Waals surface area (Å²) in [6.07, 6.45) is 6.93. The number of unbranched alkanes of at least 4 members (excludes halogenated alkanes) is 5. The van der Waals surface area contributed by atoms with E-state index in [1.54, 1.807) is 72.9 Å². The van der Waals surface area contributed by atoms with E-state index in [4.69, 9.17) is 24.9 Å². The number of pyridine rings is 1. The number of methoxy groups -OCH3 is 1. The molecule has 0 aliphatic rings. The van der Waals surface area contributed by atoms with Crippen molar-refractivity contribution in [2.45, 2.75) is 65.0 Å². The molecule has 2 aromatic heterocycles. The average molecular weight is 791 g/mol. The van der Waals surface area contributed by atoms with Gasteiger partial charge >= 0.3 is 18.2 Å². The number of hydrogen-bond donors (Lipinski definition) is 3. The van der Waals surface area contributed by atoms with E-state index >= 15 is 0 Å². The van der Waals surface area contributed by atoms with Crippen LogP contribution < -0.4 is 21.3 Å². The number of aliphatic imine (C=N–C) groups is 1.